The number of aryl methyl sites for hydroxylation is 1. The van der Waals surface area contributed by atoms with E-state index < -0.39 is 10.8 Å². The second kappa shape index (κ2) is 4.61. The molecule has 2 heteroatoms. The van der Waals surface area contributed by atoms with E-state index in [1.54, 1.807) is 0 Å². The highest BCUT2D eigenvalue weighted by Gasteiger charge is 2.24. The summed E-state index contributed by atoms with van der Waals surface area (Å²) >= 11 is 0. The summed E-state index contributed by atoms with van der Waals surface area (Å²) in [5.74, 6) is 0.509. The number of fused-ring (bicyclic) bond motifs is 2. The Hall–Kier alpha value is -1.41. The Bertz CT molecular complexity index is 671. The summed E-state index contributed by atoms with van der Waals surface area (Å²) in [5.41, 5.74) is 4.94. The van der Waals surface area contributed by atoms with E-state index in [1.165, 1.54) is 16.7 Å². The maximum atomic E-state index is 12.7. The molecule has 1 nitrogen and oxygen atoms in total. The lowest BCUT2D eigenvalue weighted by molar-refractivity contribution is 0.678. The molecule has 0 amide bonds. The van der Waals surface area contributed by atoms with Crippen molar-refractivity contribution in [2.45, 2.75) is 42.9 Å². The molecule has 1 aliphatic rings. The Morgan fingerprint density at radius 2 is 1.84 bits per heavy atom. The van der Waals surface area contributed by atoms with Crippen LogP contribution in [0.3, 0.4) is 0 Å². The fourth-order valence-corrected chi connectivity index (χ4v) is 4.27. The number of hydrogen-bond donors (Lipinski definition) is 0. The standard InChI is InChI=1S/C17H18OS/c1-11(2)14-8-12(3)17-15(10-14)9-13-6-4-5-7-16(13)19(17)18/h4-8,10-11H,9H2,1-3H3. The van der Waals surface area contributed by atoms with Gasteiger partial charge >= 0.3 is 0 Å². The van der Waals surface area contributed by atoms with E-state index in [0.717, 1.165) is 21.8 Å². The SMILES string of the molecule is Cc1cc(C(C)C)cc2c1S(=O)c1ccccc1C2. The highest BCUT2D eigenvalue weighted by Crippen LogP contribution is 2.35. The molecule has 1 aliphatic heterocycles. The first-order valence-electron chi connectivity index (χ1n) is 6.71. The maximum absolute atomic E-state index is 12.7. The van der Waals surface area contributed by atoms with Crippen molar-refractivity contribution in [3.63, 3.8) is 0 Å². The summed E-state index contributed by atoms with van der Waals surface area (Å²) in [4.78, 5) is 2.01. The summed E-state index contributed by atoms with van der Waals surface area (Å²) in [5, 5.41) is 0. The predicted molar refractivity (Wildman–Crippen MR) is 79.2 cm³/mol. The fraction of sp³-hybridized carbons (Fsp3) is 0.294. The molecule has 3 rings (SSSR count). The lowest BCUT2D eigenvalue weighted by Gasteiger charge is -2.22. The van der Waals surface area contributed by atoms with Crippen LogP contribution in [0.4, 0.5) is 0 Å². The quantitative estimate of drug-likeness (QED) is 0.648. The number of rotatable bonds is 1. The van der Waals surface area contributed by atoms with Crippen LogP contribution in [-0.2, 0) is 17.2 Å². The molecule has 1 unspecified atom stereocenters. The predicted octanol–water partition coefficient (Wildman–Crippen LogP) is 4.19. The molecule has 98 valence electrons. The van der Waals surface area contributed by atoms with Gasteiger partial charge in [-0.25, -0.2) is 4.21 Å². The van der Waals surface area contributed by atoms with E-state index >= 15 is 0 Å². The van der Waals surface area contributed by atoms with Crippen molar-refractivity contribution in [1.29, 1.82) is 0 Å². The summed E-state index contributed by atoms with van der Waals surface area (Å²) in [6.07, 6.45) is 0.901. The van der Waals surface area contributed by atoms with Crippen molar-refractivity contribution >= 4 is 10.8 Å². The molecule has 1 atom stereocenters. The van der Waals surface area contributed by atoms with Gasteiger partial charge in [-0.15, -0.1) is 0 Å². The topological polar surface area (TPSA) is 17.1 Å². The van der Waals surface area contributed by atoms with Crippen LogP contribution in [-0.4, -0.2) is 4.21 Å². The molecule has 2 aromatic rings. The maximum Gasteiger partial charge on any atom is 0.0858 e. The molecule has 0 spiro atoms. The molecule has 0 aromatic heterocycles. The summed E-state index contributed by atoms with van der Waals surface area (Å²) < 4.78 is 12.7. The normalized spacial score (nSPS) is 17.2. The molecule has 0 N–H and O–H groups in total. The van der Waals surface area contributed by atoms with Gasteiger partial charge in [-0.3, -0.25) is 0 Å². The van der Waals surface area contributed by atoms with Crippen LogP contribution in [0.2, 0.25) is 0 Å². The minimum atomic E-state index is -1.02. The van der Waals surface area contributed by atoms with E-state index in [2.05, 4.69) is 39.0 Å². The van der Waals surface area contributed by atoms with Crippen molar-refractivity contribution in [2.75, 3.05) is 0 Å². The van der Waals surface area contributed by atoms with Crippen molar-refractivity contribution in [3.8, 4) is 0 Å². The van der Waals surface area contributed by atoms with Crippen LogP contribution in [0, 0.1) is 6.92 Å². The van der Waals surface area contributed by atoms with Crippen LogP contribution >= 0.6 is 0 Å². The monoisotopic (exact) mass is 270 g/mol. The minimum Gasteiger partial charge on any atom is -0.249 e. The fourth-order valence-electron chi connectivity index (χ4n) is 2.75. The molecular formula is C17H18OS. The first-order valence-corrected chi connectivity index (χ1v) is 7.86. The third-order valence-corrected chi connectivity index (χ3v) is 5.53. The van der Waals surface area contributed by atoms with E-state index in [0.29, 0.717) is 5.92 Å². The van der Waals surface area contributed by atoms with Gasteiger partial charge in [-0.05, 0) is 47.6 Å². The zero-order chi connectivity index (χ0) is 13.6. The van der Waals surface area contributed by atoms with Crippen molar-refractivity contribution in [3.05, 3.63) is 58.7 Å². The second-order valence-electron chi connectivity index (χ2n) is 5.53. The van der Waals surface area contributed by atoms with Gasteiger partial charge < -0.3 is 0 Å². The van der Waals surface area contributed by atoms with Gasteiger partial charge in [0.15, 0.2) is 0 Å². The van der Waals surface area contributed by atoms with E-state index in [9.17, 15) is 4.21 Å². The molecule has 0 saturated carbocycles. The van der Waals surface area contributed by atoms with Gasteiger partial charge in [0.25, 0.3) is 0 Å². The Kier molecular flexibility index (Phi) is 3.06. The van der Waals surface area contributed by atoms with Crippen molar-refractivity contribution < 1.29 is 4.21 Å². The van der Waals surface area contributed by atoms with Gasteiger partial charge in [0.05, 0.1) is 15.7 Å². The minimum absolute atomic E-state index is 0.509. The average Bonchev–Trinajstić information content (AvgIpc) is 2.38. The Labute approximate surface area is 117 Å². The van der Waals surface area contributed by atoms with Crippen LogP contribution < -0.4 is 0 Å². The van der Waals surface area contributed by atoms with Gasteiger partial charge in [-0.1, -0.05) is 44.2 Å². The van der Waals surface area contributed by atoms with E-state index in [1.807, 2.05) is 18.2 Å². The highest BCUT2D eigenvalue weighted by atomic mass is 32.2. The molecule has 19 heavy (non-hydrogen) atoms. The number of benzene rings is 2. The molecule has 0 fully saturated rings. The lowest BCUT2D eigenvalue weighted by atomic mass is 9.94. The summed E-state index contributed by atoms with van der Waals surface area (Å²) in [7, 11) is -1.02. The third-order valence-electron chi connectivity index (χ3n) is 3.78. The summed E-state index contributed by atoms with van der Waals surface area (Å²) in [6, 6.07) is 12.5. The Morgan fingerprint density at radius 3 is 2.58 bits per heavy atom. The van der Waals surface area contributed by atoms with Crippen LogP contribution in [0.15, 0.2) is 46.2 Å². The molecule has 0 saturated heterocycles. The Balaban J connectivity index is 2.20. The van der Waals surface area contributed by atoms with Crippen molar-refractivity contribution in [1.82, 2.24) is 0 Å². The first kappa shape index (κ1) is 12.6. The molecule has 1 heterocycles. The average molecular weight is 270 g/mol. The van der Waals surface area contributed by atoms with Crippen molar-refractivity contribution in [2.24, 2.45) is 0 Å². The van der Waals surface area contributed by atoms with Gasteiger partial charge in [0.1, 0.15) is 0 Å². The molecular weight excluding hydrogens is 252 g/mol. The van der Waals surface area contributed by atoms with Crippen LogP contribution in [0.5, 0.6) is 0 Å². The van der Waals surface area contributed by atoms with Gasteiger partial charge in [-0.2, -0.15) is 0 Å². The molecule has 0 radical (unpaired) electrons. The van der Waals surface area contributed by atoms with E-state index in [4.69, 9.17) is 0 Å². The molecule has 0 aliphatic carbocycles. The van der Waals surface area contributed by atoms with E-state index in [-0.39, 0.29) is 0 Å². The zero-order valence-corrected chi connectivity index (χ0v) is 12.4. The highest BCUT2D eigenvalue weighted by molar-refractivity contribution is 7.85. The van der Waals surface area contributed by atoms with Gasteiger partial charge in [0, 0.05) is 4.90 Å². The molecule has 2 aromatic carbocycles. The lowest BCUT2D eigenvalue weighted by Crippen LogP contribution is -2.11. The van der Waals surface area contributed by atoms with Crippen LogP contribution in [0.1, 0.15) is 42.0 Å². The van der Waals surface area contributed by atoms with Gasteiger partial charge in [0.2, 0.25) is 0 Å². The Morgan fingerprint density at radius 1 is 1.11 bits per heavy atom. The third kappa shape index (κ3) is 2.04. The largest absolute Gasteiger partial charge is 0.249 e. The molecule has 0 bridgehead atoms. The zero-order valence-electron chi connectivity index (χ0n) is 11.6. The van der Waals surface area contributed by atoms with Crippen LogP contribution in [0.25, 0.3) is 0 Å². The summed E-state index contributed by atoms with van der Waals surface area (Å²) in [6.45, 7) is 6.49. The number of hydrogen-bond acceptors (Lipinski definition) is 1. The first-order chi connectivity index (χ1) is 9.08. The second-order valence-corrected chi connectivity index (χ2v) is 6.92. The smallest absolute Gasteiger partial charge is 0.0858 e.